The molecule has 2 aliphatic rings. The molecule has 0 heterocycles. The maximum atomic E-state index is 13.7. The van der Waals surface area contributed by atoms with Crippen LogP contribution in [0.1, 0.15) is 113 Å². The predicted molar refractivity (Wildman–Crippen MR) is 110 cm³/mol. The van der Waals surface area contributed by atoms with E-state index in [4.69, 9.17) is 4.74 Å². The Bertz CT molecular complexity index is 499. The lowest BCUT2D eigenvalue weighted by Crippen LogP contribution is -2.53. The van der Waals surface area contributed by atoms with Crippen LogP contribution in [-0.2, 0) is 9.53 Å². The number of esters is 1. The molecular weight excluding hydrogens is 320 g/mol. The van der Waals surface area contributed by atoms with Crippen LogP contribution in [0.15, 0.2) is 0 Å². The molecule has 0 bridgehead atoms. The van der Waals surface area contributed by atoms with E-state index in [0.29, 0.717) is 5.92 Å². The second-order valence-electron chi connectivity index (χ2n) is 11.6. The summed E-state index contributed by atoms with van der Waals surface area (Å²) in [6, 6.07) is 0. The fourth-order valence-electron chi connectivity index (χ4n) is 5.75. The molecule has 0 aromatic heterocycles. The van der Waals surface area contributed by atoms with E-state index in [-0.39, 0.29) is 22.4 Å². The van der Waals surface area contributed by atoms with E-state index in [1.54, 1.807) is 0 Å². The number of fused-ring (bicyclic) bond motifs is 1. The summed E-state index contributed by atoms with van der Waals surface area (Å²) < 4.78 is 6.51. The van der Waals surface area contributed by atoms with Gasteiger partial charge in [-0.1, -0.05) is 60.8 Å². The zero-order chi connectivity index (χ0) is 19.8. The fourth-order valence-corrected chi connectivity index (χ4v) is 5.75. The summed E-state index contributed by atoms with van der Waals surface area (Å²) >= 11 is 0. The second kappa shape index (κ2) is 7.47. The van der Waals surface area contributed by atoms with Crippen LogP contribution in [-0.4, -0.2) is 11.6 Å². The Morgan fingerprint density at radius 3 is 2.15 bits per heavy atom. The lowest BCUT2D eigenvalue weighted by atomic mass is 9.59. The molecule has 2 aliphatic carbocycles. The lowest BCUT2D eigenvalue weighted by Gasteiger charge is -2.51. The molecule has 4 unspecified atom stereocenters. The van der Waals surface area contributed by atoms with Gasteiger partial charge in [0.2, 0.25) is 0 Å². The summed E-state index contributed by atoms with van der Waals surface area (Å²) in [5, 5.41) is 0. The Morgan fingerprint density at radius 1 is 1.00 bits per heavy atom. The first-order chi connectivity index (χ1) is 11.8. The number of carbonyl (C=O) groups is 1. The number of rotatable bonds is 5. The van der Waals surface area contributed by atoms with Crippen molar-refractivity contribution in [2.45, 2.75) is 119 Å². The minimum absolute atomic E-state index is 0.0491. The van der Waals surface area contributed by atoms with E-state index in [1.165, 1.54) is 38.5 Å². The van der Waals surface area contributed by atoms with Gasteiger partial charge in [-0.25, -0.2) is 0 Å². The van der Waals surface area contributed by atoms with Crippen LogP contribution < -0.4 is 0 Å². The minimum Gasteiger partial charge on any atom is -0.459 e. The molecule has 0 N–H and O–H groups in total. The molecule has 0 radical (unpaired) electrons. The van der Waals surface area contributed by atoms with Gasteiger partial charge in [-0.05, 0) is 69.1 Å². The third kappa shape index (κ3) is 4.30. The van der Waals surface area contributed by atoms with Gasteiger partial charge < -0.3 is 4.74 Å². The Labute approximate surface area is 162 Å². The molecule has 2 nitrogen and oxygen atoms in total. The Hall–Kier alpha value is -0.530. The van der Waals surface area contributed by atoms with Gasteiger partial charge in [-0.15, -0.1) is 0 Å². The van der Waals surface area contributed by atoms with E-state index in [1.807, 2.05) is 0 Å². The normalized spacial score (nSPS) is 32.5. The molecule has 152 valence electrons. The van der Waals surface area contributed by atoms with Crippen molar-refractivity contribution in [2.24, 2.45) is 28.1 Å². The van der Waals surface area contributed by atoms with Gasteiger partial charge in [0, 0.05) is 5.92 Å². The van der Waals surface area contributed by atoms with Gasteiger partial charge in [0.15, 0.2) is 0 Å². The highest BCUT2D eigenvalue weighted by Crippen LogP contribution is 2.53. The molecule has 0 spiro atoms. The minimum atomic E-state index is -0.454. The summed E-state index contributed by atoms with van der Waals surface area (Å²) in [6.45, 7) is 17.8. The maximum Gasteiger partial charge on any atom is 0.312 e. The Morgan fingerprint density at radius 2 is 1.58 bits per heavy atom. The highest BCUT2D eigenvalue weighted by molar-refractivity contribution is 5.78. The molecule has 0 aliphatic heterocycles. The van der Waals surface area contributed by atoms with Crippen molar-refractivity contribution in [3.8, 4) is 0 Å². The molecule has 0 amide bonds. The molecule has 26 heavy (non-hydrogen) atoms. The second-order valence-corrected chi connectivity index (χ2v) is 11.6. The topological polar surface area (TPSA) is 26.3 Å². The van der Waals surface area contributed by atoms with Crippen LogP contribution in [0.2, 0.25) is 0 Å². The van der Waals surface area contributed by atoms with E-state index >= 15 is 0 Å². The van der Waals surface area contributed by atoms with Crippen molar-refractivity contribution in [3.05, 3.63) is 0 Å². The summed E-state index contributed by atoms with van der Waals surface area (Å²) in [5.74, 6) is 1.38. The molecule has 2 saturated carbocycles. The molecule has 2 fully saturated rings. The summed E-state index contributed by atoms with van der Waals surface area (Å²) in [5.41, 5.74) is -0.691. The average molecular weight is 365 g/mol. The third-order valence-corrected chi connectivity index (χ3v) is 7.98. The summed E-state index contributed by atoms with van der Waals surface area (Å²) in [7, 11) is 0. The summed E-state index contributed by atoms with van der Waals surface area (Å²) in [4.78, 5) is 13.7. The van der Waals surface area contributed by atoms with E-state index in [2.05, 4.69) is 55.4 Å². The van der Waals surface area contributed by atoms with E-state index < -0.39 is 5.41 Å². The van der Waals surface area contributed by atoms with Crippen molar-refractivity contribution < 1.29 is 9.53 Å². The van der Waals surface area contributed by atoms with Crippen molar-refractivity contribution >= 4 is 5.97 Å². The van der Waals surface area contributed by atoms with Gasteiger partial charge in [-0.2, -0.15) is 0 Å². The van der Waals surface area contributed by atoms with Crippen LogP contribution >= 0.6 is 0 Å². The lowest BCUT2D eigenvalue weighted by molar-refractivity contribution is -0.195. The maximum absolute atomic E-state index is 13.7. The predicted octanol–water partition coefficient (Wildman–Crippen LogP) is 7.16. The van der Waals surface area contributed by atoms with Crippen LogP contribution in [0.5, 0.6) is 0 Å². The number of ether oxygens (including phenoxy) is 1. The molecule has 0 aromatic carbocycles. The van der Waals surface area contributed by atoms with Crippen molar-refractivity contribution in [1.82, 2.24) is 0 Å². The number of hydrogen-bond acceptors (Lipinski definition) is 2. The fraction of sp³-hybridized carbons (Fsp3) is 0.958. The standard InChI is InChI=1S/C24H44O2/c1-9-22(5,6)23(7,17-21(2,3)4)20(25)26-24(8)16-12-14-18-13-10-11-15-19(18)24/h18-19H,9-17H2,1-8H3. The van der Waals surface area contributed by atoms with Crippen LogP contribution in [0, 0.1) is 28.1 Å². The third-order valence-electron chi connectivity index (χ3n) is 7.98. The van der Waals surface area contributed by atoms with Crippen molar-refractivity contribution in [2.75, 3.05) is 0 Å². The molecule has 0 aromatic rings. The van der Waals surface area contributed by atoms with Crippen molar-refractivity contribution in [3.63, 3.8) is 0 Å². The highest BCUT2D eigenvalue weighted by atomic mass is 16.6. The molecule has 2 heteroatoms. The highest BCUT2D eigenvalue weighted by Gasteiger charge is 2.53. The SMILES string of the molecule is CCC(C)(C)C(C)(CC(C)(C)C)C(=O)OC1(C)CCCC2CCCCC21. The zero-order valence-electron chi connectivity index (χ0n) is 18.8. The van der Waals surface area contributed by atoms with Crippen LogP contribution in [0.4, 0.5) is 0 Å². The number of carbonyl (C=O) groups excluding carboxylic acids is 1. The zero-order valence-corrected chi connectivity index (χ0v) is 18.8. The Balaban J connectivity index is 2.28. The quantitative estimate of drug-likeness (QED) is 0.484. The average Bonchev–Trinajstić information content (AvgIpc) is 2.53. The van der Waals surface area contributed by atoms with E-state index in [9.17, 15) is 4.79 Å². The molecule has 4 atom stereocenters. The summed E-state index contributed by atoms with van der Waals surface area (Å²) in [6.07, 6.45) is 10.7. The molecular formula is C24H44O2. The monoisotopic (exact) mass is 364 g/mol. The van der Waals surface area contributed by atoms with E-state index in [0.717, 1.165) is 25.2 Å². The van der Waals surface area contributed by atoms with Crippen LogP contribution in [0.25, 0.3) is 0 Å². The molecule has 0 saturated heterocycles. The van der Waals surface area contributed by atoms with Crippen LogP contribution in [0.3, 0.4) is 0 Å². The van der Waals surface area contributed by atoms with Gasteiger partial charge >= 0.3 is 5.97 Å². The van der Waals surface area contributed by atoms with Gasteiger partial charge in [0.05, 0.1) is 5.41 Å². The molecule has 2 rings (SSSR count). The first-order valence-electron chi connectivity index (χ1n) is 11.1. The van der Waals surface area contributed by atoms with Crippen molar-refractivity contribution in [1.29, 1.82) is 0 Å². The van der Waals surface area contributed by atoms with Gasteiger partial charge in [0.1, 0.15) is 5.60 Å². The largest absolute Gasteiger partial charge is 0.459 e. The first-order valence-corrected chi connectivity index (χ1v) is 11.1. The van der Waals surface area contributed by atoms with Gasteiger partial charge in [-0.3, -0.25) is 4.79 Å². The smallest absolute Gasteiger partial charge is 0.312 e. The Kier molecular flexibility index (Phi) is 6.26. The van der Waals surface area contributed by atoms with Gasteiger partial charge in [0.25, 0.3) is 0 Å². The number of hydrogen-bond donors (Lipinski definition) is 0. The first kappa shape index (κ1) is 21.8.